The van der Waals surface area contributed by atoms with Crippen LogP contribution in [-0.4, -0.2) is 11.7 Å². The van der Waals surface area contributed by atoms with E-state index in [0.717, 1.165) is 22.1 Å². The molecule has 1 rings (SSSR count). The first-order chi connectivity index (χ1) is 7.81. The van der Waals surface area contributed by atoms with E-state index in [1.165, 1.54) is 0 Å². The van der Waals surface area contributed by atoms with E-state index >= 15 is 0 Å². The standard InChI is InChI=1S/C13H18BrNO2/c1-5-9-6-7-10(14)8-11(9)15-12(16)17-13(2,3)4/h6-8H,5H2,1-4H3,(H,15,16). The number of aryl methyl sites for hydroxylation is 1. The molecule has 1 amide bonds. The van der Waals surface area contributed by atoms with E-state index < -0.39 is 11.7 Å². The van der Waals surface area contributed by atoms with Crippen LogP contribution in [0.25, 0.3) is 0 Å². The molecule has 0 atom stereocenters. The molecule has 0 unspecified atom stereocenters. The molecule has 1 aromatic carbocycles. The van der Waals surface area contributed by atoms with Crippen LogP contribution < -0.4 is 5.32 Å². The fraction of sp³-hybridized carbons (Fsp3) is 0.462. The van der Waals surface area contributed by atoms with Crippen molar-refractivity contribution in [3.63, 3.8) is 0 Å². The predicted octanol–water partition coefficient (Wildman–Crippen LogP) is 4.36. The predicted molar refractivity (Wildman–Crippen MR) is 73.4 cm³/mol. The van der Waals surface area contributed by atoms with Crippen LogP contribution in [0.4, 0.5) is 10.5 Å². The van der Waals surface area contributed by atoms with Gasteiger partial charge in [0, 0.05) is 10.2 Å². The molecular formula is C13H18BrNO2. The van der Waals surface area contributed by atoms with E-state index in [4.69, 9.17) is 4.74 Å². The molecule has 0 aliphatic carbocycles. The normalized spacial score (nSPS) is 11.1. The zero-order valence-electron chi connectivity index (χ0n) is 10.6. The number of nitrogens with one attached hydrogen (secondary N) is 1. The molecule has 0 aromatic heterocycles. The summed E-state index contributed by atoms with van der Waals surface area (Å²) in [6, 6.07) is 5.82. The van der Waals surface area contributed by atoms with Crippen molar-refractivity contribution in [2.24, 2.45) is 0 Å². The Bertz CT molecular complexity index is 410. The van der Waals surface area contributed by atoms with Gasteiger partial charge >= 0.3 is 6.09 Å². The second kappa shape index (κ2) is 5.54. The van der Waals surface area contributed by atoms with E-state index in [2.05, 4.69) is 21.2 Å². The van der Waals surface area contributed by atoms with E-state index in [-0.39, 0.29) is 0 Å². The maximum atomic E-state index is 11.7. The topological polar surface area (TPSA) is 38.3 Å². The van der Waals surface area contributed by atoms with Gasteiger partial charge < -0.3 is 4.74 Å². The maximum absolute atomic E-state index is 11.7. The first-order valence-corrected chi connectivity index (χ1v) is 6.39. The summed E-state index contributed by atoms with van der Waals surface area (Å²) in [6.45, 7) is 7.57. The summed E-state index contributed by atoms with van der Waals surface area (Å²) in [6.07, 6.45) is 0.434. The van der Waals surface area contributed by atoms with Crippen molar-refractivity contribution in [3.05, 3.63) is 28.2 Å². The quantitative estimate of drug-likeness (QED) is 0.881. The number of anilines is 1. The molecule has 4 heteroatoms. The van der Waals surface area contributed by atoms with Gasteiger partial charge in [0.2, 0.25) is 0 Å². The van der Waals surface area contributed by atoms with Crippen LogP contribution in [0.5, 0.6) is 0 Å². The molecule has 0 radical (unpaired) electrons. The van der Waals surface area contributed by atoms with Crippen molar-refractivity contribution >= 4 is 27.7 Å². The van der Waals surface area contributed by atoms with Crippen LogP contribution in [0, 0.1) is 0 Å². The van der Waals surface area contributed by atoms with Crippen LogP contribution in [0.15, 0.2) is 22.7 Å². The molecule has 1 aromatic rings. The number of carbonyl (C=O) groups excluding carboxylic acids is 1. The number of hydrogen-bond acceptors (Lipinski definition) is 2. The van der Waals surface area contributed by atoms with Gasteiger partial charge in [-0.3, -0.25) is 5.32 Å². The van der Waals surface area contributed by atoms with Crippen molar-refractivity contribution in [1.82, 2.24) is 0 Å². The number of carbonyl (C=O) groups is 1. The molecule has 0 aliphatic rings. The fourth-order valence-electron chi connectivity index (χ4n) is 1.39. The van der Waals surface area contributed by atoms with Crippen molar-refractivity contribution in [1.29, 1.82) is 0 Å². The molecule has 0 saturated heterocycles. The highest BCUT2D eigenvalue weighted by atomic mass is 79.9. The largest absolute Gasteiger partial charge is 0.444 e. The van der Waals surface area contributed by atoms with Gasteiger partial charge in [-0.05, 0) is 44.9 Å². The Labute approximate surface area is 111 Å². The highest BCUT2D eigenvalue weighted by molar-refractivity contribution is 9.10. The monoisotopic (exact) mass is 299 g/mol. The number of amides is 1. The van der Waals surface area contributed by atoms with Crippen molar-refractivity contribution in [2.75, 3.05) is 5.32 Å². The molecule has 17 heavy (non-hydrogen) atoms. The number of ether oxygens (including phenoxy) is 1. The highest BCUT2D eigenvalue weighted by Gasteiger charge is 2.17. The average molecular weight is 300 g/mol. The van der Waals surface area contributed by atoms with Crippen LogP contribution in [-0.2, 0) is 11.2 Å². The lowest BCUT2D eigenvalue weighted by atomic mass is 10.1. The summed E-state index contributed by atoms with van der Waals surface area (Å²) >= 11 is 3.38. The molecule has 3 nitrogen and oxygen atoms in total. The lowest BCUT2D eigenvalue weighted by molar-refractivity contribution is 0.0636. The van der Waals surface area contributed by atoms with Gasteiger partial charge in [0.05, 0.1) is 0 Å². The molecule has 0 aliphatic heterocycles. The Balaban J connectivity index is 2.80. The number of benzene rings is 1. The summed E-state index contributed by atoms with van der Waals surface area (Å²) in [5.41, 5.74) is 1.39. The molecule has 0 fully saturated rings. The van der Waals surface area contributed by atoms with Gasteiger partial charge in [0.25, 0.3) is 0 Å². The maximum Gasteiger partial charge on any atom is 0.412 e. The van der Waals surface area contributed by atoms with E-state index in [1.54, 1.807) is 0 Å². The summed E-state index contributed by atoms with van der Waals surface area (Å²) in [5, 5.41) is 2.77. The molecule has 0 spiro atoms. The SMILES string of the molecule is CCc1ccc(Br)cc1NC(=O)OC(C)(C)C. The Hall–Kier alpha value is -1.03. The fourth-order valence-corrected chi connectivity index (χ4v) is 1.75. The van der Waals surface area contributed by atoms with Crippen LogP contribution in [0.1, 0.15) is 33.3 Å². The third-order valence-corrected chi connectivity index (χ3v) is 2.58. The first kappa shape index (κ1) is 14.0. The third kappa shape index (κ3) is 4.77. The Morgan fingerprint density at radius 1 is 1.41 bits per heavy atom. The molecule has 1 N–H and O–H groups in total. The van der Waals surface area contributed by atoms with Crippen LogP contribution >= 0.6 is 15.9 Å². The Kier molecular flexibility index (Phi) is 4.57. The van der Waals surface area contributed by atoms with Gasteiger partial charge in [0.15, 0.2) is 0 Å². The number of rotatable bonds is 2. The molecule has 0 saturated carbocycles. The zero-order valence-corrected chi connectivity index (χ0v) is 12.2. The van der Waals surface area contributed by atoms with Crippen molar-refractivity contribution < 1.29 is 9.53 Å². The van der Waals surface area contributed by atoms with Gasteiger partial charge in [-0.15, -0.1) is 0 Å². The summed E-state index contributed by atoms with van der Waals surface area (Å²) < 4.78 is 6.15. The molecular weight excluding hydrogens is 282 g/mol. The summed E-state index contributed by atoms with van der Waals surface area (Å²) in [7, 11) is 0. The van der Waals surface area contributed by atoms with E-state index in [0.29, 0.717) is 0 Å². The molecule has 94 valence electrons. The van der Waals surface area contributed by atoms with Gasteiger partial charge in [0.1, 0.15) is 5.60 Å². The van der Waals surface area contributed by atoms with Crippen LogP contribution in [0.3, 0.4) is 0 Å². The average Bonchev–Trinajstić information content (AvgIpc) is 2.14. The highest BCUT2D eigenvalue weighted by Crippen LogP contribution is 2.22. The van der Waals surface area contributed by atoms with Gasteiger partial charge in [-0.1, -0.05) is 28.9 Å². The summed E-state index contributed by atoms with van der Waals surface area (Å²) in [5.74, 6) is 0. The smallest absolute Gasteiger partial charge is 0.412 e. The lowest BCUT2D eigenvalue weighted by Crippen LogP contribution is -2.27. The van der Waals surface area contributed by atoms with Crippen LogP contribution in [0.2, 0.25) is 0 Å². The minimum absolute atomic E-state index is 0.426. The Morgan fingerprint density at radius 3 is 2.59 bits per heavy atom. The lowest BCUT2D eigenvalue weighted by Gasteiger charge is -2.20. The minimum atomic E-state index is -0.484. The second-order valence-corrected chi connectivity index (χ2v) is 5.70. The van der Waals surface area contributed by atoms with Gasteiger partial charge in [-0.2, -0.15) is 0 Å². The number of halogens is 1. The summed E-state index contributed by atoms with van der Waals surface area (Å²) in [4.78, 5) is 11.7. The van der Waals surface area contributed by atoms with E-state index in [1.807, 2.05) is 45.9 Å². The van der Waals surface area contributed by atoms with Crippen molar-refractivity contribution in [2.45, 2.75) is 39.7 Å². The van der Waals surface area contributed by atoms with E-state index in [9.17, 15) is 4.79 Å². The van der Waals surface area contributed by atoms with Gasteiger partial charge in [-0.25, -0.2) is 4.79 Å². The second-order valence-electron chi connectivity index (χ2n) is 4.78. The molecule has 0 bridgehead atoms. The number of hydrogen-bond donors (Lipinski definition) is 1. The minimum Gasteiger partial charge on any atom is -0.444 e. The first-order valence-electron chi connectivity index (χ1n) is 5.60. The molecule has 0 heterocycles. The van der Waals surface area contributed by atoms with Crippen molar-refractivity contribution in [3.8, 4) is 0 Å². The zero-order chi connectivity index (χ0) is 13.1. The third-order valence-electron chi connectivity index (χ3n) is 2.09. The Morgan fingerprint density at radius 2 is 2.06 bits per heavy atom.